The van der Waals surface area contributed by atoms with Gasteiger partial charge in [-0.25, -0.2) is 0 Å². The van der Waals surface area contributed by atoms with Crippen molar-refractivity contribution in [2.24, 2.45) is 5.92 Å². The molecule has 180 valence electrons. The van der Waals surface area contributed by atoms with Gasteiger partial charge in [0.2, 0.25) is 0 Å². The zero-order chi connectivity index (χ0) is 23.8. The minimum absolute atomic E-state index is 0.00461. The van der Waals surface area contributed by atoms with Crippen molar-refractivity contribution in [3.8, 4) is 0 Å². The van der Waals surface area contributed by atoms with E-state index in [2.05, 4.69) is 99.7 Å². The maximum Gasteiger partial charge on any atom is 0.0598 e. The van der Waals surface area contributed by atoms with Crippen molar-refractivity contribution >= 4 is 6.08 Å². The Hall–Kier alpha value is -2.38. The van der Waals surface area contributed by atoms with Crippen molar-refractivity contribution in [1.29, 1.82) is 0 Å². The standard InChI is InChI=1S/C33H42O/c1-33(2,3)34-22-14-8-4-5-9-15-26-20-21-27(23-26)24-32-30-19-13-12-18-29(30)25-31(32)28-16-10-6-7-11-17-28/h6,10-13,16-21,23,25,27,32H,4-5,7-9,14-15,22,24H2,1-3H3. The molecule has 0 spiro atoms. The van der Waals surface area contributed by atoms with Crippen molar-refractivity contribution in [2.45, 2.75) is 83.7 Å². The van der Waals surface area contributed by atoms with Crippen LogP contribution in [0.4, 0.5) is 0 Å². The van der Waals surface area contributed by atoms with E-state index in [0.29, 0.717) is 11.8 Å². The van der Waals surface area contributed by atoms with E-state index in [1.165, 1.54) is 66.4 Å². The van der Waals surface area contributed by atoms with Gasteiger partial charge in [0.25, 0.3) is 0 Å². The highest BCUT2D eigenvalue weighted by molar-refractivity contribution is 5.73. The highest BCUT2D eigenvalue weighted by Crippen LogP contribution is 2.45. The highest BCUT2D eigenvalue weighted by Gasteiger charge is 2.28. The lowest BCUT2D eigenvalue weighted by molar-refractivity contribution is -0.00474. The number of hydrogen-bond acceptors (Lipinski definition) is 1. The number of unbranched alkanes of at least 4 members (excludes halogenated alkanes) is 4. The fraction of sp³-hybridized carbons (Fsp3) is 0.455. The van der Waals surface area contributed by atoms with Crippen molar-refractivity contribution in [3.63, 3.8) is 0 Å². The van der Waals surface area contributed by atoms with Gasteiger partial charge in [-0.2, -0.15) is 0 Å². The molecule has 1 aromatic rings. The number of ether oxygens (including phenoxy) is 1. The second-order valence-electron chi connectivity index (χ2n) is 10.9. The Balaban J connectivity index is 1.27. The quantitative estimate of drug-likeness (QED) is 0.303. The van der Waals surface area contributed by atoms with E-state index in [-0.39, 0.29) is 5.60 Å². The summed E-state index contributed by atoms with van der Waals surface area (Å²) in [7, 11) is 0. The Kier molecular flexibility index (Phi) is 8.62. The van der Waals surface area contributed by atoms with E-state index < -0.39 is 0 Å². The fourth-order valence-corrected chi connectivity index (χ4v) is 5.26. The SMILES string of the molecule is CC(C)(C)OCCCCCCCC1=CC(CC2C(C3=CC=CCC=C3)=Cc3ccccc32)C=C1. The molecular weight excluding hydrogens is 412 g/mol. The van der Waals surface area contributed by atoms with Crippen LogP contribution < -0.4 is 0 Å². The first kappa shape index (κ1) is 24.7. The lowest BCUT2D eigenvalue weighted by Gasteiger charge is -2.20. The van der Waals surface area contributed by atoms with Gasteiger partial charge in [0, 0.05) is 12.5 Å². The van der Waals surface area contributed by atoms with Crippen LogP contribution in [0.2, 0.25) is 0 Å². The summed E-state index contributed by atoms with van der Waals surface area (Å²) in [6, 6.07) is 8.96. The van der Waals surface area contributed by atoms with Crippen LogP contribution in [0.3, 0.4) is 0 Å². The summed E-state index contributed by atoms with van der Waals surface area (Å²) in [5.74, 6) is 1.01. The van der Waals surface area contributed by atoms with Gasteiger partial charge in [0.1, 0.15) is 0 Å². The molecule has 3 aliphatic carbocycles. The van der Waals surface area contributed by atoms with Gasteiger partial charge in [0.15, 0.2) is 0 Å². The Morgan fingerprint density at radius 3 is 2.65 bits per heavy atom. The molecule has 0 N–H and O–H groups in total. The fourth-order valence-electron chi connectivity index (χ4n) is 5.26. The van der Waals surface area contributed by atoms with E-state index in [1.54, 1.807) is 0 Å². The lowest BCUT2D eigenvalue weighted by atomic mass is 9.83. The molecule has 0 saturated carbocycles. The van der Waals surface area contributed by atoms with Gasteiger partial charge in [-0.15, -0.1) is 0 Å². The second-order valence-corrected chi connectivity index (χ2v) is 10.9. The van der Waals surface area contributed by atoms with Gasteiger partial charge >= 0.3 is 0 Å². The van der Waals surface area contributed by atoms with E-state index in [4.69, 9.17) is 4.74 Å². The molecule has 0 saturated heterocycles. The van der Waals surface area contributed by atoms with Crippen molar-refractivity contribution in [3.05, 3.63) is 101 Å². The number of allylic oxidation sites excluding steroid dienone is 11. The molecule has 3 aliphatic rings. The molecule has 1 aromatic carbocycles. The minimum Gasteiger partial charge on any atom is -0.376 e. The number of rotatable bonds is 11. The average Bonchev–Trinajstić information content (AvgIpc) is 3.30. The maximum atomic E-state index is 5.83. The number of benzene rings is 1. The largest absolute Gasteiger partial charge is 0.376 e. The van der Waals surface area contributed by atoms with Gasteiger partial charge < -0.3 is 4.74 Å². The Morgan fingerprint density at radius 2 is 1.76 bits per heavy atom. The van der Waals surface area contributed by atoms with Crippen LogP contribution >= 0.6 is 0 Å². The van der Waals surface area contributed by atoms with Crippen LogP contribution in [0.1, 0.15) is 89.2 Å². The lowest BCUT2D eigenvalue weighted by Crippen LogP contribution is -2.19. The summed E-state index contributed by atoms with van der Waals surface area (Å²) < 4.78 is 5.83. The predicted octanol–water partition coefficient (Wildman–Crippen LogP) is 9.27. The zero-order valence-electron chi connectivity index (χ0n) is 21.4. The summed E-state index contributed by atoms with van der Waals surface area (Å²) in [5, 5.41) is 0. The van der Waals surface area contributed by atoms with E-state index in [0.717, 1.165) is 19.4 Å². The predicted molar refractivity (Wildman–Crippen MR) is 147 cm³/mol. The Morgan fingerprint density at radius 1 is 0.941 bits per heavy atom. The third-order valence-corrected chi connectivity index (χ3v) is 7.01. The van der Waals surface area contributed by atoms with Crippen LogP contribution in [0.15, 0.2) is 89.6 Å². The molecule has 0 radical (unpaired) electrons. The molecule has 0 amide bonds. The molecule has 34 heavy (non-hydrogen) atoms. The minimum atomic E-state index is -0.00461. The number of fused-ring (bicyclic) bond motifs is 1. The first-order valence-corrected chi connectivity index (χ1v) is 13.4. The first-order valence-electron chi connectivity index (χ1n) is 13.4. The highest BCUT2D eigenvalue weighted by atomic mass is 16.5. The maximum absolute atomic E-state index is 5.83. The van der Waals surface area contributed by atoms with Crippen molar-refractivity contribution in [2.75, 3.05) is 6.61 Å². The molecule has 1 nitrogen and oxygen atoms in total. The van der Waals surface area contributed by atoms with Gasteiger partial charge in [-0.3, -0.25) is 0 Å². The molecule has 1 heteroatoms. The monoisotopic (exact) mass is 454 g/mol. The van der Waals surface area contributed by atoms with Crippen LogP contribution in [0, 0.1) is 5.92 Å². The summed E-state index contributed by atoms with van der Waals surface area (Å²) in [4.78, 5) is 0. The smallest absolute Gasteiger partial charge is 0.0598 e. The third-order valence-electron chi connectivity index (χ3n) is 7.01. The summed E-state index contributed by atoms with van der Waals surface area (Å²) >= 11 is 0. The number of hydrogen-bond donors (Lipinski definition) is 0. The summed E-state index contributed by atoms with van der Waals surface area (Å²) in [6.45, 7) is 7.29. The van der Waals surface area contributed by atoms with Gasteiger partial charge in [-0.1, -0.05) is 104 Å². The zero-order valence-corrected chi connectivity index (χ0v) is 21.4. The van der Waals surface area contributed by atoms with E-state index in [9.17, 15) is 0 Å². The second kappa shape index (κ2) is 11.8. The molecule has 0 aliphatic heterocycles. The van der Waals surface area contributed by atoms with E-state index in [1.807, 2.05) is 0 Å². The molecule has 2 atom stereocenters. The van der Waals surface area contributed by atoms with Crippen LogP contribution in [0.5, 0.6) is 0 Å². The van der Waals surface area contributed by atoms with Crippen molar-refractivity contribution in [1.82, 2.24) is 0 Å². The summed E-state index contributed by atoms with van der Waals surface area (Å²) in [6.07, 6.45) is 30.9. The van der Waals surface area contributed by atoms with Crippen LogP contribution in [0.25, 0.3) is 6.08 Å². The van der Waals surface area contributed by atoms with Gasteiger partial charge in [0.05, 0.1) is 5.60 Å². The Labute approximate surface area is 207 Å². The molecule has 0 heterocycles. The molecule has 0 aromatic heterocycles. The third kappa shape index (κ3) is 7.06. The normalized spacial score (nSPS) is 21.3. The molecule has 2 unspecified atom stereocenters. The topological polar surface area (TPSA) is 9.23 Å². The average molecular weight is 455 g/mol. The van der Waals surface area contributed by atoms with E-state index >= 15 is 0 Å². The first-order chi connectivity index (χ1) is 16.5. The van der Waals surface area contributed by atoms with Crippen molar-refractivity contribution < 1.29 is 4.74 Å². The molecule has 4 rings (SSSR count). The molecule has 0 bridgehead atoms. The van der Waals surface area contributed by atoms with Crippen LogP contribution in [-0.2, 0) is 4.74 Å². The Bertz CT molecular complexity index is 1010. The summed E-state index contributed by atoms with van der Waals surface area (Å²) in [5.41, 5.74) is 7.27. The molecular formula is C33H42O. The van der Waals surface area contributed by atoms with Gasteiger partial charge in [-0.05, 0) is 81.1 Å². The van der Waals surface area contributed by atoms with Crippen LogP contribution in [-0.4, -0.2) is 12.2 Å². The molecule has 0 fully saturated rings.